The molecule has 0 aliphatic heterocycles. The Balaban J connectivity index is 1.89. The lowest BCUT2D eigenvalue weighted by Gasteiger charge is -2.17. The molecule has 1 unspecified atom stereocenters. The van der Waals surface area contributed by atoms with E-state index in [-0.39, 0.29) is 11.7 Å². The highest BCUT2D eigenvalue weighted by Crippen LogP contribution is 2.23. The standard InChI is InChI=1S/C16H18N4O/c1-9-4-6-13(11(3)17-9)18-10(2)12-5-7-14-15(8-12)20-16(21)19-14/h4-8,10,18H,1-3H3,(H2,19,20,21). The van der Waals surface area contributed by atoms with E-state index in [1.165, 1.54) is 0 Å². The minimum atomic E-state index is -0.179. The van der Waals surface area contributed by atoms with Crippen LogP contribution >= 0.6 is 0 Å². The number of nitrogens with one attached hydrogen (secondary N) is 3. The highest BCUT2D eigenvalue weighted by molar-refractivity contribution is 5.75. The Hall–Kier alpha value is -2.56. The molecule has 1 atom stereocenters. The average molecular weight is 282 g/mol. The number of fused-ring (bicyclic) bond motifs is 1. The zero-order chi connectivity index (χ0) is 15.0. The van der Waals surface area contributed by atoms with Crippen molar-refractivity contribution in [3.63, 3.8) is 0 Å². The predicted octanol–water partition coefficient (Wildman–Crippen LogP) is 3.04. The molecule has 0 spiro atoms. The van der Waals surface area contributed by atoms with Crippen molar-refractivity contribution in [1.82, 2.24) is 15.0 Å². The molecule has 108 valence electrons. The van der Waals surface area contributed by atoms with Crippen molar-refractivity contribution in [2.45, 2.75) is 26.8 Å². The third-order valence-electron chi connectivity index (χ3n) is 3.64. The van der Waals surface area contributed by atoms with Gasteiger partial charge in [-0.05, 0) is 50.6 Å². The Morgan fingerprint density at radius 2 is 1.86 bits per heavy atom. The Morgan fingerprint density at radius 3 is 2.62 bits per heavy atom. The van der Waals surface area contributed by atoms with Crippen LogP contribution in [0.3, 0.4) is 0 Å². The number of rotatable bonds is 3. The van der Waals surface area contributed by atoms with Crippen LogP contribution in [0.4, 0.5) is 5.69 Å². The molecule has 2 aromatic heterocycles. The number of hydrogen-bond donors (Lipinski definition) is 3. The van der Waals surface area contributed by atoms with Gasteiger partial charge in [-0.1, -0.05) is 6.07 Å². The molecule has 5 nitrogen and oxygen atoms in total. The predicted molar refractivity (Wildman–Crippen MR) is 84.7 cm³/mol. The molecule has 2 heterocycles. The summed E-state index contributed by atoms with van der Waals surface area (Å²) in [5, 5.41) is 3.46. The van der Waals surface area contributed by atoms with Gasteiger partial charge < -0.3 is 15.3 Å². The van der Waals surface area contributed by atoms with Crippen molar-refractivity contribution in [3.05, 3.63) is 57.8 Å². The Bertz CT molecular complexity index is 847. The molecular formula is C16H18N4O. The van der Waals surface area contributed by atoms with Crippen LogP contribution in [0.15, 0.2) is 35.1 Å². The first kappa shape index (κ1) is 13.4. The van der Waals surface area contributed by atoms with Gasteiger partial charge in [0.25, 0.3) is 0 Å². The molecule has 21 heavy (non-hydrogen) atoms. The molecule has 3 aromatic rings. The quantitative estimate of drug-likeness (QED) is 0.691. The first-order chi connectivity index (χ1) is 10.0. The fourth-order valence-corrected chi connectivity index (χ4v) is 2.48. The van der Waals surface area contributed by atoms with Crippen LogP contribution in [0, 0.1) is 13.8 Å². The number of aromatic amines is 2. The summed E-state index contributed by atoms with van der Waals surface area (Å²) in [5.74, 6) is 0. The maximum Gasteiger partial charge on any atom is 0.323 e. The van der Waals surface area contributed by atoms with E-state index in [1.807, 2.05) is 44.2 Å². The van der Waals surface area contributed by atoms with Gasteiger partial charge in [-0.25, -0.2) is 4.79 Å². The van der Waals surface area contributed by atoms with Crippen molar-refractivity contribution in [1.29, 1.82) is 0 Å². The monoisotopic (exact) mass is 282 g/mol. The van der Waals surface area contributed by atoms with Gasteiger partial charge in [0.15, 0.2) is 0 Å². The molecule has 0 saturated heterocycles. The number of aryl methyl sites for hydroxylation is 2. The first-order valence-electron chi connectivity index (χ1n) is 6.95. The summed E-state index contributed by atoms with van der Waals surface area (Å²) in [6.07, 6.45) is 0. The number of imidazole rings is 1. The third-order valence-corrected chi connectivity index (χ3v) is 3.64. The molecule has 0 amide bonds. The second kappa shape index (κ2) is 5.09. The second-order valence-electron chi connectivity index (χ2n) is 5.34. The number of H-pyrrole nitrogens is 2. The molecule has 3 rings (SSSR count). The van der Waals surface area contributed by atoms with E-state index >= 15 is 0 Å². The number of anilines is 1. The van der Waals surface area contributed by atoms with Gasteiger partial charge in [-0.15, -0.1) is 0 Å². The number of nitrogens with zero attached hydrogens (tertiary/aromatic N) is 1. The smallest absolute Gasteiger partial charge is 0.323 e. The van der Waals surface area contributed by atoms with Crippen molar-refractivity contribution < 1.29 is 0 Å². The Labute approximate surface area is 122 Å². The molecular weight excluding hydrogens is 264 g/mol. The van der Waals surface area contributed by atoms with Crippen LogP contribution in [0.1, 0.15) is 29.9 Å². The summed E-state index contributed by atoms with van der Waals surface area (Å²) in [4.78, 5) is 21.3. The molecule has 5 heteroatoms. The first-order valence-corrected chi connectivity index (χ1v) is 6.95. The SMILES string of the molecule is Cc1ccc(NC(C)c2ccc3[nH]c(=O)[nH]c3c2)c(C)n1. The summed E-state index contributed by atoms with van der Waals surface area (Å²) < 4.78 is 0. The summed E-state index contributed by atoms with van der Waals surface area (Å²) in [6, 6.07) is 10.1. The van der Waals surface area contributed by atoms with Crippen LogP contribution in [-0.2, 0) is 0 Å². The lowest BCUT2D eigenvalue weighted by atomic mass is 10.1. The lowest BCUT2D eigenvalue weighted by molar-refractivity contribution is 0.879. The van der Waals surface area contributed by atoms with Crippen LogP contribution in [-0.4, -0.2) is 15.0 Å². The van der Waals surface area contributed by atoms with Gasteiger partial charge in [0.05, 0.1) is 22.4 Å². The highest BCUT2D eigenvalue weighted by Gasteiger charge is 2.09. The van der Waals surface area contributed by atoms with Crippen molar-refractivity contribution in [2.24, 2.45) is 0 Å². The van der Waals surface area contributed by atoms with Gasteiger partial charge >= 0.3 is 5.69 Å². The molecule has 1 aromatic carbocycles. The molecule has 0 aliphatic carbocycles. The number of pyridine rings is 1. The highest BCUT2D eigenvalue weighted by atomic mass is 16.1. The molecule has 0 saturated carbocycles. The van der Waals surface area contributed by atoms with Crippen molar-refractivity contribution >= 4 is 16.7 Å². The summed E-state index contributed by atoms with van der Waals surface area (Å²) in [5.41, 5.74) is 5.60. The molecule has 3 N–H and O–H groups in total. The van der Waals surface area contributed by atoms with E-state index in [0.29, 0.717) is 0 Å². The van der Waals surface area contributed by atoms with Crippen molar-refractivity contribution in [2.75, 3.05) is 5.32 Å². The molecule has 0 radical (unpaired) electrons. The van der Waals surface area contributed by atoms with Gasteiger partial charge in [-0.3, -0.25) is 4.98 Å². The largest absolute Gasteiger partial charge is 0.377 e. The van der Waals surface area contributed by atoms with Crippen LogP contribution in [0.2, 0.25) is 0 Å². The maximum atomic E-state index is 11.3. The van der Waals surface area contributed by atoms with E-state index in [2.05, 4.69) is 27.2 Å². The number of hydrogen-bond acceptors (Lipinski definition) is 3. The number of benzene rings is 1. The van der Waals surface area contributed by atoms with Crippen molar-refractivity contribution in [3.8, 4) is 0 Å². The summed E-state index contributed by atoms with van der Waals surface area (Å²) in [7, 11) is 0. The molecule has 0 aliphatic rings. The summed E-state index contributed by atoms with van der Waals surface area (Å²) >= 11 is 0. The fraction of sp³-hybridized carbons (Fsp3) is 0.250. The van der Waals surface area contributed by atoms with Gasteiger partial charge in [0, 0.05) is 11.7 Å². The van der Waals surface area contributed by atoms with E-state index in [1.54, 1.807) is 0 Å². The van der Waals surface area contributed by atoms with Crippen LogP contribution < -0.4 is 11.0 Å². The second-order valence-corrected chi connectivity index (χ2v) is 5.34. The van der Waals surface area contributed by atoms with Gasteiger partial charge in [0.1, 0.15) is 0 Å². The minimum Gasteiger partial charge on any atom is -0.377 e. The third kappa shape index (κ3) is 2.67. The Kier molecular flexibility index (Phi) is 3.25. The normalized spacial score (nSPS) is 12.5. The van der Waals surface area contributed by atoms with Gasteiger partial charge in [0.2, 0.25) is 0 Å². The van der Waals surface area contributed by atoms with E-state index in [0.717, 1.165) is 33.7 Å². The fourth-order valence-electron chi connectivity index (χ4n) is 2.48. The van der Waals surface area contributed by atoms with Crippen LogP contribution in [0.5, 0.6) is 0 Å². The molecule has 0 bridgehead atoms. The van der Waals surface area contributed by atoms with E-state index < -0.39 is 0 Å². The minimum absolute atomic E-state index is 0.121. The topological polar surface area (TPSA) is 73.6 Å². The molecule has 0 fully saturated rings. The maximum absolute atomic E-state index is 11.3. The zero-order valence-electron chi connectivity index (χ0n) is 12.3. The van der Waals surface area contributed by atoms with Gasteiger partial charge in [-0.2, -0.15) is 0 Å². The Morgan fingerprint density at radius 1 is 1.10 bits per heavy atom. The number of aromatic nitrogens is 3. The van der Waals surface area contributed by atoms with E-state index in [4.69, 9.17) is 0 Å². The zero-order valence-corrected chi connectivity index (χ0v) is 12.3. The van der Waals surface area contributed by atoms with E-state index in [9.17, 15) is 4.79 Å². The van der Waals surface area contributed by atoms with Crippen LogP contribution in [0.25, 0.3) is 11.0 Å². The lowest BCUT2D eigenvalue weighted by Crippen LogP contribution is -2.08. The summed E-state index contributed by atoms with van der Waals surface area (Å²) in [6.45, 7) is 6.07. The average Bonchev–Trinajstić information content (AvgIpc) is 2.80.